The molecule has 2 aromatic carbocycles. The van der Waals surface area contributed by atoms with Crippen LogP contribution in [0.5, 0.6) is 0 Å². The number of halogens is 2. The summed E-state index contributed by atoms with van der Waals surface area (Å²) in [6.07, 6.45) is 3.09. The van der Waals surface area contributed by atoms with Crippen LogP contribution in [0.15, 0.2) is 60.9 Å². The molecule has 4 aromatic rings. The number of aromatic nitrogens is 3. The number of Topliss-reactive ketones (excluding diaryl/α,β-unsaturated/α-hetero) is 1. The Labute approximate surface area is 223 Å². The van der Waals surface area contributed by atoms with Crippen LogP contribution < -0.4 is 15.1 Å². The standard InChI is InChI=1S/C29H26F2N6O2/c1-17-11-23(22-5-3-4-6-24(22)31)26(35(17)2)27(38)28(39)34-20-7-8-25-18(12-20)13-21-16-36(9-10-37(21)25)29-32-14-19(30)15-33-29/h3-8,11-12,14-15,21H,9-10,13,16H2,1-2H3,(H,34,39)/t21-/m0/s1. The Morgan fingerprint density at radius 3 is 2.54 bits per heavy atom. The zero-order valence-electron chi connectivity index (χ0n) is 21.5. The fourth-order valence-electron chi connectivity index (χ4n) is 5.54. The van der Waals surface area contributed by atoms with Crippen LogP contribution in [-0.2, 0) is 18.3 Å². The third-order valence-electron chi connectivity index (χ3n) is 7.53. The minimum atomic E-state index is -0.788. The number of piperazine rings is 1. The van der Waals surface area contributed by atoms with Gasteiger partial charge in [-0.05, 0) is 49.2 Å². The molecule has 39 heavy (non-hydrogen) atoms. The third-order valence-corrected chi connectivity index (χ3v) is 7.53. The van der Waals surface area contributed by atoms with Crippen molar-refractivity contribution < 1.29 is 18.4 Å². The van der Waals surface area contributed by atoms with Gasteiger partial charge >= 0.3 is 0 Å². The highest BCUT2D eigenvalue weighted by Crippen LogP contribution is 2.36. The Morgan fingerprint density at radius 2 is 1.77 bits per heavy atom. The molecule has 6 rings (SSSR count). The molecule has 0 spiro atoms. The Kier molecular flexibility index (Phi) is 6.09. The summed E-state index contributed by atoms with van der Waals surface area (Å²) in [4.78, 5) is 39.0. The van der Waals surface area contributed by atoms with E-state index in [-0.39, 0.29) is 17.3 Å². The summed E-state index contributed by atoms with van der Waals surface area (Å²) in [5.41, 5.74) is 4.19. The molecule has 0 aliphatic carbocycles. The van der Waals surface area contributed by atoms with Crippen LogP contribution in [0.4, 0.5) is 26.1 Å². The van der Waals surface area contributed by atoms with E-state index in [4.69, 9.17) is 0 Å². The number of rotatable bonds is 5. The van der Waals surface area contributed by atoms with Gasteiger partial charge in [0.15, 0.2) is 5.82 Å². The van der Waals surface area contributed by atoms with Gasteiger partial charge in [0.2, 0.25) is 5.95 Å². The van der Waals surface area contributed by atoms with Gasteiger partial charge in [-0.3, -0.25) is 9.59 Å². The highest BCUT2D eigenvalue weighted by molar-refractivity contribution is 6.47. The molecule has 8 nitrogen and oxygen atoms in total. The molecule has 1 fully saturated rings. The number of ketones is 1. The van der Waals surface area contributed by atoms with E-state index in [1.807, 2.05) is 17.0 Å². The fourth-order valence-corrected chi connectivity index (χ4v) is 5.54. The molecule has 0 saturated carbocycles. The first-order chi connectivity index (χ1) is 18.8. The Bertz CT molecular complexity index is 1600. The average molecular weight is 529 g/mol. The van der Waals surface area contributed by atoms with E-state index in [1.165, 1.54) is 18.5 Å². The van der Waals surface area contributed by atoms with Crippen LogP contribution in [-0.4, -0.2) is 51.9 Å². The van der Waals surface area contributed by atoms with Crippen LogP contribution in [0.25, 0.3) is 11.1 Å². The maximum absolute atomic E-state index is 14.5. The lowest BCUT2D eigenvalue weighted by Crippen LogP contribution is -2.52. The Morgan fingerprint density at radius 1 is 1.00 bits per heavy atom. The zero-order chi connectivity index (χ0) is 27.3. The molecule has 4 heterocycles. The molecule has 0 radical (unpaired) electrons. The Hall–Kier alpha value is -4.60. The van der Waals surface area contributed by atoms with Crippen LogP contribution >= 0.6 is 0 Å². The second-order valence-corrected chi connectivity index (χ2v) is 9.91. The molecule has 0 bridgehead atoms. The molecular formula is C29H26F2N6O2. The number of fused-ring (bicyclic) bond motifs is 3. The van der Waals surface area contributed by atoms with E-state index in [0.29, 0.717) is 30.3 Å². The topological polar surface area (TPSA) is 83.4 Å². The second-order valence-electron chi connectivity index (χ2n) is 9.91. The summed E-state index contributed by atoms with van der Waals surface area (Å²) < 4.78 is 29.4. The molecule has 1 saturated heterocycles. The van der Waals surface area contributed by atoms with Crippen LogP contribution in [0.2, 0.25) is 0 Å². The van der Waals surface area contributed by atoms with Crippen molar-refractivity contribution in [1.82, 2.24) is 14.5 Å². The number of carbonyl (C=O) groups is 2. The number of nitrogens with zero attached hydrogens (tertiary/aromatic N) is 5. The van der Waals surface area contributed by atoms with Crippen LogP contribution in [0.3, 0.4) is 0 Å². The molecule has 2 aliphatic heterocycles. The van der Waals surface area contributed by atoms with Gasteiger partial charge < -0.3 is 19.7 Å². The van der Waals surface area contributed by atoms with Crippen molar-refractivity contribution in [3.05, 3.63) is 89.5 Å². The van der Waals surface area contributed by atoms with Gasteiger partial charge in [-0.1, -0.05) is 18.2 Å². The van der Waals surface area contributed by atoms with Crippen molar-refractivity contribution in [2.75, 3.05) is 34.8 Å². The quantitative estimate of drug-likeness (QED) is 0.310. The number of hydrogen-bond donors (Lipinski definition) is 1. The van der Waals surface area contributed by atoms with Gasteiger partial charge in [0.1, 0.15) is 11.5 Å². The zero-order valence-corrected chi connectivity index (χ0v) is 21.5. The van der Waals surface area contributed by atoms with Gasteiger partial charge in [0, 0.05) is 54.9 Å². The molecule has 198 valence electrons. The van der Waals surface area contributed by atoms with Crippen molar-refractivity contribution in [3.8, 4) is 11.1 Å². The van der Waals surface area contributed by atoms with Gasteiger partial charge in [0.25, 0.3) is 11.7 Å². The first kappa shape index (κ1) is 24.7. The predicted molar refractivity (Wildman–Crippen MR) is 144 cm³/mol. The lowest BCUT2D eigenvalue weighted by molar-refractivity contribution is -0.112. The fraction of sp³-hybridized carbons (Fsp3) is 0.241. The molecule has 10 heteroatoms. The normalized spacial score (nSPS) is 16.2. The lowest BCUT2D eigenvalue weighted by Gasteiger charge is -2.39. The number of anilines is 3. The van der Waals surface area contributed by atoms with Crippen molar-refractivity contribution in [2.45, 2.75) is 19.4 Å². The Balaban J connectivity index is 1.19. The highest BCUT2D eigenvalue weighted by atomic mass is 19.1. The van der Waals surface area contributed by atoms with Gasteiger partial charge in [-0.2, -0.15) is 0 Å². The van der Waals surface area contributed by atoms with Crippen LogP contribution in [0.1, 0.15) is 21.7 Å². The van der Waals surface area contributed by atoms with Gasteiger partial charge in [-0.15, -0.1) is 0 Å². The SMILES string of the molecule is Cc1cc(-c2ccccc2F)c(C(=O)C(=O)Nc2ccc3c(c2)C[C@H]2CN(c4ncc(F)cn4)CCN32)n1C. The van der Waals surface area contributed by atoms with Gasteiger partial charge in [-0.25, -0.2) is 18.7 Å². The van der Waals surface area contributed by atoms with E-state index in [0.717, 1.165) is 29.9 Å². The average Bonchev–Trinajstić information content (AvgIpc) is 3.44. The second kappa shape index (κ2) is 9.61. The first-order valence-corrected chi connectivity index (χ1v) is 12.7. The van der Waals surface area contributed by atoms with Gasteiger partial charge in [0.05, 0.1) is 18.4 Å². The number of nitrogens with one attached hydrogen (secondary N) is 1. The van der Waals surface area contributed by atoms with E-state index in [2.05, 4.69) is 20.2 Å². The molecule has 1 amide bonds. The summed E-state index contributed by atoms with van der Waals surface area (Å²) in [7, 11) is 1.69. The minimum Gasteiger partial charge on any atom is -0.364 e. The molecular weight excluding hydrogens is 502 g/mol. The van der Waals surface area contributed by atoms with E-state index < -0.39 is 23.3 Å². The lowest BCUT2D eigenvalue weighted by atomic mass is 10.0. The maximum atomic E-state index is 14.5. The van der Waals surface area contributed by atoms with E-state index >= 15 is 0 Å². The number of hydrogen-bond acceptors (Lipinski definition) is 6. The summed E-state index contributed by atoms with van der Waals surface area (Å²) >= 11 is 0. The predicted octanol–water partition coefficient (Wildman–Crippen LogP) is 4.14. The molecule has 2 aliphatic rings. The first-order valence-electron chi connectivity index (χ1n) is 12.7. The van der Waals surface area contributed by atoms with Crippen molar-refractivity contribution in [3.63, 3.8) is 0 Å². The van der Waals surface area contributed by atoms with E-state index in [1.54, 1.807) is 48.9 Å². The molecule has 2 aromatic heterocycles. The molecule has 0 unspecified atom stereocenters. The minimum absolute atomic E-state index is 0.136. The summed E-state index contributed by atoms with van der Waals surface area (Å²) in [6, 6.07) is 13.7. The maximum Gasteiger partial charge on any atom is 0.298 e. The molecule has 1 N–H and O–H groups in total. The summed E-state index contributed by atoms with van der Waals surface area (Å²) in [5, 5.41) is 2.74. The van der Waals surface area contributed by atoms with Crippen molar-refractivity contribution in [1.29, 1.82) is 0 Å². The molecule has 1 atom stereocenters. The monoisotopic (exact) mass is 528 g/mol. The van der Waals surface area contributed by atoms with Crippen molar-refractivity contribution in [2.24, 2.45) is 7.05 Å². The third kappa shape index (κ3) is 4.41. The largest absolute Gasteiger partial charge is 0.364 e. The number of carbonyl (C=O) groups excluding carboxylic acids is 2. The number of amides is 1. The number of aryl methyl sites for hydroxylation is 1. The number of benzene rings is 2. The van der Waals surface area contributed by atoms with Crippen LogP contribution in [0, 0.1) is 18.6 Å². The van der Waals surface area contributed by atoms with Crippen molar-refractivity contribution >= 4 is 29.0 Å². The summed E-state index contributed by atoms with van der Waals surface area (Å²) in [5.74, 6) is -1.95. The summed E-state index contributed by atoms with van der Waals surface area (Å²) in [6.45, 7) is 3.95. The van der Waals surface area contributed by atoms with E-state index in [9.17, 15) is 18.4 Å². The smallest absolute Gasteiger partial charge is 0.298 e. The highest BCUT2D eigenvalue weighted by Gasteiger charge is 2.35.